The number of ether oxygens (including phenoxy) is 1. The second-order valence-corrected chi connectivity index (χ2v) is 4.28. The highest BCUT2D eigenvalue weighted by Gasteiger charge is 2.20. The van der Waals surface area contributed by atoms with Crippen LogP contribution in [0, 0.1) is 5.82 Å². The van der Waals surface area contributed by atoms with Crippen LogP contribution in [0.5, 0.6) is 0 Å². The zero-order chi connectivity index (χ0) is 13.0. The Hall–Kier alpha value is -1.68. The summed E-state index contributed by atoms with van der Waals surface area (Å²) in [5, 5.41) is 0. The van der Waals surface area contributed by atoms with Crippen molar-refractivity contribution in [2.24, 2.45) is 0 Å². The summed E-state index contributed by atoms with van der Waals surface area (Å²) in [5.74, 6) is -0.713. The maximum atomic E-state index is 13.5. The van der Waals surface area contributed by atoms with Crippen LogP contribution in [0.1, 0.15) is 16.8 Å². The second-order valence-electron chi connectivity index (χ2n) is 4.28. The SMILES string of the molecule is COCC1=CCN(C(=O)c2ccccc2F)CC1. The van der Waals surface area contributed by atoms with Gasteiger partial charge >= 0.3 is 0 Å². The van der Waals surface area contributed by atoms with E-state index in [0.29, 0.717) is 19.7 Å². The number of rotatable bonds is 3. The fourth-order valence-corrected chi connectivity index (χ4v) is 2.02. The molecule has 0 aliphatic carbocycles. The first-order valence-corrected chi connectivity index (χ1v) is 5.93. The molecule has 0 radical (unpaired) electrons. The van der Waals surface area contributed by atoms with Crippen LogP contribution in [-0.4, -0.2) is 37.6 Å². The van der Waals surface area contributed by atoms with Gasteiger partial charge in [0.15, 0.2) is 0 Å². The van der Waals surface area contributed by atoms with E-state index in [0.717, 1.165) is 6.42 Å². The molecule has 1 aliphatic heterocycles. The van der Waals surface area contributed by atoms with Crippen molar-refractivity contribution in [3.05, 3.63) is 47.3 Å². The van der Waals surface area contributed by atoms with Crippen molar-refractivity contribution in [3.8, 4) is 0 Å². The average Bonchev–Trinajstić information content (AvgIpc) is 2.40. The Balaban J connectivity index is 2.06. The van der Waals surface area contributed by atoms with Gasteiger partial charge in [0.2, 0.25) is 0 Å². The molecule has 0 saturated carbocycles. The van der Waals surface area contributed by atoms with E-state index in [4.69, 9.17) is 4.74 Å². The van der Waals surface area contributed by atoms with Gasteiger partial charge in [-0.05, 0) is 24.1 Å². The van der Waals surface area contributed by atoms with Crippen LogP contribution in [0.3, 0.4) is 0 Å². The fraction of sp³-hybridized carbons (Fsp3) is 0.357. The number of hydrogen-bond donors (Lipinski definition) is 0. The number of nitrogens with zero attached hydrogens (tertiary/aromatic N) is 1. The number of carbonyl (C=O) groups excluding carboxylic acids is 1. The smallest absolute Gasteiger partial charge is 0.257 e. The zero-order valence-electron chi connectivity index (χ0n) is 10.4. The third kappa shape index (κ3) is 2.76. The van der Waals surface area contributed by atoms with Crippen molar-refractivity contribution < 1.29 is 13.9 Å². The summed E-state index contributed by atoms with van der Waals surface area (Å²) >= 11 is 0. The number of halogens is 1. The summed E-state index contributed by atoms with van der Waals surface area (Å²) in [6.07, 6.45) is 2.76. The zero-order valence-corrected chi connectivity index (χ0v) is 10.4. The minimum absolute atomic E-state index is 0.140. The lowest BCUT2D eigenvalue weighted by atomic mass is 10.1. The van der Waals surface area contributed by atoms with E-state index < -0.39 is 5.82 Å². The lowest BCUT2D eigenvalue weighted by Gasteiger charge is -2.26. The molecular formula is C14H16FNO2. The highest BCUT2D eigenvalue weighted by Crippen LogP contribution is 2.15. The molecule has 0 bridgehead atoms. The average molecular weight is 249 g/mol. The van der Waals surface area contributed by atoms with Crippen LogP contribution in [0.4, 0.5) is 4.39 Å². The van der Waals surface area contributed by atoms with Crippen LogP contribution < -0.4 is 0 Å². The number of amides is 1. The van der Waals surface area contributed by atoms with Crippen LogP contribution in [0.25, 0.3) is 0 Å². The molecule has 1 heterocycles. The van der Waals surface area contributed by atoms with Crippen molar-refractivity contribution in [1.29, 1.82) is 0 Å². The third-order valence-electron chi connectivity index (χ3n) is 3.02. The first-order valence-electron chi connectivity index (χ1n) is 5.93. The Morgan fingerprint density at radius 1 is 1.44 bits per heavy atom. The van der Waals surface area contributed by atoms with E-state index in [1.54, 1.807) is 24.1 Å². The molecule has 0 unspecified atom stereocenters. The van der Waals surface area contributed by atoms with Gasteiger partial charge in [-0.15, -0.1) is 0 Å². The van der Waals surface area contributed by atoms with Crippen LogP contribution in [-0.2, 0) is 4.74 Å². The number of methoxy groups -OCH3 is 1. The molecule has 4 heteroatoms. The van der Waals surface area contributed by atoms with Gasteiger partial charge < -0.3 is 9.64 Å². The molecule has 0 atom stereocenters. The third-order valence-corrected chi connectivity index (χ3v) is 3.02. The van der Waals surface area contributed by atoms with E-state index in [2.05, 4.69) is 0 Å². The molecule has 1 amide bonds. The summed E-state index contributed by atoms with van der Waals surface area (Å²) in [5.41, 5.74) is 1.33. The maximum Gasteiger partial charge on any atom is 0.257 e. The van der Waals surface area contributed by atoms with Gasteiger partial charge in [-0.2, -0.15) is 0 Å². The van der Waals surface area contributed by atoms with Gasteiger partial charge in [-0.1, -0.05) is 18.2 Å². The van der Waals surface area contributed by atoms with Gasteiger partial charge in [-0.3, -0.25) is 4.79 Å². The Morgan fingerprint density at radius 3 is 2.83 bits per heavy atom. The van der Waals surface area contributed by atoms with Crippen LogP contribution in [0.15, 0.2) is 35.9 Å². The molecule has 18 heavy (non-hydrogen) atoms. The van der Waals surface area contributed by atoms with Crippen molar-refractivity contribution >= 4 is 5.91 Å². The Bertz CT molecular complexity index is 471. The molecule has 1 aliphatic rings. The number of carbonyl (C=O) groups is 1. The minimum Gasteiger partial charge on any atom is -0.380 e. The van der Waals surface area contributed by atoms with Gasteiger partial charge in [-0.25, -0.2) is 4.39 Å². The van der Waals surface area contributed by atoms with Crippen molar-refractivity contribution in [1.82, 2.24) is 4.90 Å². The molecule has 0 N–H and O–H groups in total. The molecule has 0 aromatic heterocycles. The summed E-state index contributed by atoms with van der Waals surface area (Å²) in [6, 6.07) is 6.08. The molecule has 1 aromatic rings. The van der Waals surface area contributed by atoms with E-state index >= 15 is 0 Å². The highest BCUT2D eigenvalue weighted by atomic mass is 19.1. The number of hydrogen-bond acceptors (Lipinski definition) is 2. The van der Waals surface area contributed by atoms with E-state index in [-0.39, 0.29) is 11.5 Å². The van der Waals surface area contributed by atoms with E-state index in [9.17, 15) is 9.18 Å². The molecular weight excluding hydrogens is 233 g/mol. The van der Waals surface area contributed by atoms with E-state index in [1.807, 2.05) is 6.08 Å². The summed E-state index contributed by atoms with van der Waals surface area (Å²) in [4.78, 5) is 13.8. The van der Waals surface area contributed by atoms with E-state index in [1.165, 1.54) is 17.7 Å². The predicted octanol–water partition coefficient (Wildman–Crippen LogP) is 2.24. The van der Waals surface area contributed by atoms with Gasteiger partial charge in [0.1, 0.15) is 5.82 Å². The quantitative estimate of drug-likeness (QED) is 0.769. The molecule has 0 saturated heterocycles. The van der Waals surface area contributed by atoms with Gasteiger partial charge in [0, 0.05) is 20.2 Å². The normalized spacial score (nSPS) is 15.4. The molecule has 96 valence electrons. The van der Waals surface area contributed by atoms with Gasteiger partial charge in [0.25, 0.3) is 5.91 Å². The van der Waals surface area contributed by atoms with Crippen molar-refractivity contribution in [3.63, 3.8) is 0 Å². The van der Waals surface area contributed by atoms with Crippen molar-refractivity contribution in [2.75, 3.05) is 26.8 Å². The van der Waals surface area contributed by atoms with Crippen LogP contribution in [0.2, 0.25) is 0 Å². The van der Waals surface area contributed by atoms with Crippen LogP contribution >= 0.6 is 0 Å². The standard InChI is InChI=1S/C14H16FNO2/c1-18-10-11-6-8-16(9-7-11)14(17)12-4-2-3-5-13(12)15/h2-6H,7-10H2,1H3. The molecule has 3 nitrogen and oxygen atoms in total. The lowest BCUT2D eigenvalue weighted by molar-refractivity contribution is 0.0760. The topological polar surface area (TPSA) is 29.5 Å². The summed E-state index contributed by atoms with van der Waals surface area (Å²) in [6.45, 7) is 1.73. The fourth-order valence-electron chi connectivity index (χ4n) is 2.02. The minimum atomic E-state index is -0.464. The summed E-state index contributed by atoms with van der Waals surface area (Å²) in [7, 11) is 1.65. The second kappa shape index (κ2) is 5.78. The molecule has 0 spiro atoms. The monoisotopic (exact) mass is 249 g/mol. The summed E-state index contributed by atoms with van der Waals surface area (Å²) < 4.78 is 18.6. The molecule has 0 fully saturated rings. The first-order chi connectivity index (χ1) is 8.72. The largest absolute Gasteiger partial charge is 0.380 e. The Labute approximate surface area is 106 Å². The number of benzene rings is 1. The molecule has 1 aromatic carbocycles. The first kappa shape index (κ1) is 12.8. The Morgan fingerprint density at radius 2 is 2.22 bits per heavy atom. The van der Waals surface area contributed by atoms with Crippen molar-refractivity contribution in [2.45, 2.75) is 6.42 Å². The molecule has 2 rings (SSSR count). The van der Waals surface area contributed by atoms with Gasteiger partial charge in [0.05, 0.1) is 12.2 Å². The Kier molecular flexibility index (Phi) is 4.10. The maximum absolute atomic E-state index is 13.5. The highest BCUT2D eigenvalue weighted by molar-refractivity contribution is 5.94. The predicted molar refractivity (Wildman–Crippen MR) is 66.9 cm³/mol. The lowest BCUT2D eigenvalue weighted by Crippen LogP contribution is -2.35.